The predicted octanol–water partition coefficient (Wildman–Crippen LogP) is 1.69. The lowest BCUT2D eigenvalue weighted by molar-refractivity contribution is 0.140. The molecule has 0 unspecified atom stereocenters. The average molecular weight is 217 g/mol. The largest absolute Gasteiger partial charge is 0.507 e. The van der Waals surface area contributed by atoms with Crippen LogP contribution in [0.5, 0.6) is 5.75 Å². The standard InChI is InChI=1S/C9H12FNO2S/c1-14-9-7(12)3-2-6(8(9)10)4-5-13-11/h2-3,12H,4-5,11H2,1H3. The van der Waals surface area contributed by atoms with Crippen molar-refractivity contribution >= 4 is 11.8 Å². The van der Waals surface area contributed by atoms with E-state index in [2.05, 4.69) is 4.84 Å². The third-order valence-corrected chi connectivity index (χ3v) is 2.65. The van der Waals surface area contributed by atoms with Crippen LogP contribution in [0, 0.1) is 5.82 Å². The van der Waals surface area contributed by atoms with Gasteiger partial charge in [-0.3, -0.25) is 0 Å². The number of rotatable bonds is 4. The summed E-state index contributed by atoms with van der Waals surface area (Å²) in [5.74, 6) is 4.42. The third kappa shape index (κ3) is 2.37. The second-order valence-electron chi connectivity index (χ2n) is 2.71. The van der Waals surface area contributed by atoms with Crippen LogP contribution in [-0.2, 0) is 11.3 Å². The van der Waals surface area contributed by atoms with Crippen molar-refractivity contribution in [2.45, 2.75) is 11.3 Å². The van der Waals surface area contributed by atoms with E-state index in [1.807, 2.05) is 0 Å². The van der Waals surface area contributed by atoms with Crippen molar-refractivity contribution in [2.75, 3.05) is 12.9 Å². The molecule has 0 fully saturated rings. The lowest BCUT2D eigenvalue weighted by Gasteiger charge is -2.07. The molecule has 0 saturated heterocycles. The molecule has 3 nitrogen and oxygen atoms in total. The highest BCUT2D eigenvalue weighted by atomic mass is 32.2. The predicted molar refractivity (Wildman–Crippen MR) is 53.7 cm³/mol. The van der Waals surface area contributed by atoms with Crippen LogP contribution in [0.25, 0.3) is 0 Å². The first-order valence-corrected chi connectivity index (χ1v) is 5.29. The minimum atomic E-state index is -0.394. The van der Waals surface area contributed by atoms with E-state index < -0.39 is 5.82 Å². The Morgan fingerprint density at radius 1 is 1.57 bits per heavy atom. The smallest absolute Gasteiger partial charge is 0.143 e. The number of benzene rings is 1. The minimum Gasteiger partial charge on any atom is -0.507 e. The first-order valence-electron chi connectivity index (χ1n) is 4.06. The van der Waals surface area contributed by atoms with Crippen LogP contribution in [0.4, 0.5) is 4.39 Å². The van der Waals surface area contributed by atoms with Crippen molar-refractivity contribution in [1.29, 1.82) is 0 Å². The Kier molecular flexibility index (Phi) is 4.19. The molecule has 14 heavy (non-hydrogen) atoms. The fourth-order valence-electron chi connectivity index (χ4n) is 1.14. The van der Waals surface area contributed by atoms with E-state index in [1.54, 1.807) is 6.26 Å². The summed E-state index contributed by atoms with van der Waals surface area (Å²) in [6.45, 7) is 0.259. The zero-order chi connectivity index (χ0) is 10.6. The highest BCUT2D eigenvalue weighted by molar-refractivity contribution is 7.98. The zero-order valence-corrected chi connectivity index (χ0v) is 8.60. The number of phenolic OH excluding ortho intramolecular Hbond substituents is 1. The molecular weight excluding hydrogens is 205 g/mol. The van der Waals surface area contributed by atoms with E-state index in [0.29, 0.717) is 12.0 Å². The Morgan fingerprint density at radius 2 is 2.29 bits per heavy atom. The quantitative estimate of drug-likeness (QED) is 0.595. The van der Waals surface area contributed by atoms with Crippen LogP contribution in [0.1, 0.15) is 5.56 Å². The summed E-state index contributed by atoms with van der Waals surface area (Å²) in [4.78, 5) is 4.63. The fraction of sp³-hybridized carbons (Fsp3) is 0.333. The highest BCUT2D eigenvalue weighted by Gasteiger charge is 2.11. The summed E-state index contributed by atoms with van der Waals surface area (Å²) in [6, 6.07) is 3.00. The van der Waals surface area contributed by atoms with E-state index in [0.717, 1.165) is 0 Å². The van der Waals surface area contributed by atoms with Gasteiger partial charge in [-0.15, -0.1) is 11.8 Å². The molecule has 1 aromatic carbocycles. The number of hydrogen-bond donors (Lipinski definition) is 2. The summed E-state index contributed by atoms with van der Waals surface area (Å²) in [5, 5.41) is 9.32. The van der Waals surface area contributed by atoms with Gasteiger partial charge in [0, 0.05) is 6.42 Å². The number of halogens is 1. The average Bonchev–Trinajstić information content (AvgIpc) is 2.18. The summed E-state index contributed by atoms with van der Waals surface area (Å²) < 4.78 is 13.6. The SMILES string of the molecule is CSc1c(O)ccc(CCON)c1F. The van der Waals surface area contributed by atoms with Crippen molar-refractivity contribution in [2.24, 2.45) is 5.90 Å². The van der Waals surface area contributed by atoms with Crippen LogP contribution in [0.2, 0.25) is 0 Å². The van der Waals surface area contributed by atoms with Gasteiger partial charge in [-0.1, -0.05) is 6.07 Å². The van der Waals surface area contributed by atoms with Gasteiger partial charge in [-0.25, -0.2) is 10.3 Å². The van der Waals surface area contributed by atoms with Gasteiger partial charge >= 0.3 is 0 Å². The van der Waals surface area contributed by atoms with E-state index in [4.69, 9.17) is 5.90 Å². The Balaban J connectivity index is 2.96. The van der Waals surface area contributed by atoms with Gasteiger partial charge in [-0.05, 0) is 17.9 Å². The molecule has 0 aliphatic heterocycles. The van der Waals surface area contributed by atoms with E-state index in [-0.39, 0.29) is 17.3 Å². The summed E-state index contributed by atoms with van der Waals surface area (Å²) in [6.07, 6.45) is 2.11. The molecular formula is C9H12FNO2S. The molecule has 1 aromatic rings. The van der Waals surface area contributed by atoms with Crippen molar-refractivity contribution in [3.05, 3.63) is 23.5 Å². The van der Waals surface area contributed by atoms with Gasteiger partial charge in [0.15, 0.2) is 0 Å². The summed E-state index contributed by atoms with van der Waals surface area (Å²) in [7, 11) is 0. The molecule has 0 aliphatic rings. The minimum absolute atomic E-state index is 0.0348. The maximum atomic E-state index is 13.6. The number of thioether (sulfide) groups is 1. The molecule has 1 rings (SSSR count). The molecule has 0 heterocycles. The van der Waals surface area contributed by atoms with Crippen LogP contribution >= 0.6 is 11.8 Å². The van der Waals surface area contributed by atoms with E-state index >= 15 is 0 Å². The number of phenols is 1. The zero-order valence-electron chi connectivity index (χ0n) is 7.79. The topological polar surface area (TPSA) is 55.5 Å². The van der Waals surface area contributed by atoms with Crippen LogP contribution in [0.3, 0.4) is 0 Å². The Morgan fingerprint density at radius 3 is 2.86 bits per heavy atom. The highest BCUT2D eigenvalue weighted by Crippen LogP contribution is 2.31. The van der Waals surface area contributed by atoms with Gasteiger partial charge in [0.25, 0.3) is 0 Å². The molecule has 78 valence electrons. The lowest BCUT2D eigenvalue weighted by atomic mass is 10.1. The van der Waals surface area contributed by atoms with Gasteiger partial charge in [-0.2, -0.15) is 0 Å². The molecule has 0 spiro atoms. The van der Waals surface area contributed by atoms with Crippen molar-refractivity contribution in [1.82, 2.24) is 0 Å². The maximum Gasteiger partial charge on any atom is 0.143 e. The van der Waals surface area contributed by atoms with Crippen LogP contribution in [0.15, 0.2) is 17.0 Å². The molecule has 0 saturated carbocycles. The lowest BCUT2D eigenvalue weighted by Crippen LogP contribution is -2.05. The second kappa shape index (κ2) is 5.19. The molecule has 0 bridgehead atoms. The Labute approximate surface area is 86.0 Å². The molecule has 0 aliphatic carbocycles. The van der Waals surface area contributed by atoms with Gasteiger partial charge in [0.1, 0.15) is 11.6 Å². The number of hydrogen-bond acceptors (Lipinski definition) is 4. The van der Waals surface area contributed by atoms with E-state index in [1.165, 1.54) is 23.9 Å². The third-order valence-electron chi connectivity index (χ3n) is 1.85. The molecule has 0 atom stereocenters. The molecule has 0 radical (unpaired) electrons. The Hall–Kier alpha value is -0.780. The molecule has 5 heteroatoms. The number of nitrogens with two attached hydrogens (primary N) is 1. The second-order valence-corrected chi connectivity index (χ2v) is 3.53. The summed E-state index contributed by atoms with van der Waals surface area (Å²) >= 11 is 1.17. The molecule has 0 aromatic heterocycles. The van der Waals surface area contributed by atoms with Gasteiger partial charge < -0.3 is 9.94 Å². The van der Waals surface area contributed by atoms with Crippen LogP contribution in [-0.4, -0.2) is 18.0 Å². The van der Waals surface area contributed by atoms with Crippen molar-refractivity contribution in [3.63, 3.8) is 0 Å². The molecule has 3 N–H and O–H groups in total. The molecule has 0 amide bonds. The van der Waals surface area contributed by atoms with E-state index in [9.17, 15) is 9.50 Å². The normalized spacial score (nSPS) is 10.5. The van der Waals surface area contributed by atoms with Gasteiger partial charge in [0.2, 0.25) is 0 Å². The first kappa shape index (κ1) is 11.3. The van der Waals surface area contributed by atoms with Gasteiger partial charge in [0.05, 0.1) is 11.5 Å². The maximum absolute atomic E-state index is 13.6. The van der Waals surface area contributed by atoms with Crippen molar-refractivity contribution < 1.29 is 14.3 Å². The van der Waals surface area contributed by atoms with Crippen LogP contribution < -0.4 is 5.90 Å². The number of aromatic hydroxyl groups is 1. The fourth-order valence-corrected chi connectivity index (χ4v) is 1.73. The Bertz CT molecular complexity index is 320. The monoisotopic (exact) mass is 217 g/mol. The summed E-state index contributed by atoms with van der Waals surface area (Å²) in [5.41, 5.74) is 0.498. The first-order chi connectivity index (χ1) is 6.70. The van der Waals surface area contributed by atoms with Crippen molar-refractivity contribution in [3.8, 4) is 5.75 Å².